The minimum atomic E-state index is -0.250. The van der Waals surface area contributed by atoms with Crippen LogP contribution < -0.4 is 4.74 Å². The molecule has 154 valence electrons. The van der Waals surface area contributed by atoms with Crippen LogP contribution in [0.4, 0.5) is 0 Å². The normalized spacial score (nSPS) is 10.3. The molecule has 0 atom stereocenters. The highest BCUT2D eigenvalue weighted by Crippen LogP contribution is 2.21. The van der Waals surface area contributed by atoms with Crippen LogP contribution in [0.1, 0.15) is 11.1 Å². The molecule has 0 unspecified atom stereocenters. The monoisotopic (exact) mass is 404 g/mol. The molecule has 1 N–H and O–H groups in total. The lowest BCUT2D eigenvalue weighted by atomic mass is 10.1. The Morgan fingerprint density at radius 3 is 2.33 bits per heavy atom. The smallest absolute Gasteiger partial charge is 0.290 e. The van der Waals surface area contributed by atoms with Crippen LogP contribution in [0.15, 0.2) is 79.4 Å². The van der Waals surface area contributed by atoms with Crippen LogP contribution in [-0.4, -0.2) is 34.7 Å². The summed E-state index contributed by atoms with van der Waals surface area (Å²) in [6.45, 7) is 1.04. The number of nitrogens with zero attached hydrogens (tertiary/aromatic N) is 2. The quantitative estimate of drug-likeness (QED) is 0.460. The first-order chi connectivity index (χ1) is 14.7. The summed E-state index contributed by atoms with van der Waals surface area (Å²) in [5.74, 6) is 0.880. The van der Waals surface area contributed by atoms with Gasteiger partial charge in [0.05, 0.1) is 24.6 Å². The number of ether oxygens (including phenoxy) is 2. The zero-order valence-corrected chi connectivity index (χ0v) is 16.8. The molecule has 2 aromatic heterocycles. The predicted octanol–water partition coefficient (Wildman–Crippen LogP) is 4.47. The van der Waals surface area contributed by atoms with Crippen LogP contribution in [0.2, 0.25) is 0 Å². The zero-order chi connectivity index (χ0) is 21.2. The molecule has 0 aliphatic rings. The molecule has 6 nitrogen and oxygen atoms in total. The number of methoxy groups -OCH3 is 1. The highest BCUT2D eigenvalue weighted by Gasteiger charge is 2.02. The number of rotatable bonds is 7. The molecule has 2 aromatic carbocycles. The first-order valence-corrected chi connectivity index (χ1v) is 9.53. The topological polar surface area (TPSA) is 73.1 Å². The van der Waals surface area contributed by atoms with Gasteiger partial charge in [-0.05, 0) is 46.9 Å². The summed E-state index contributed by atoms with van der Waals surface area (Å²) < 4.78 is 13.0. The van der Waals surface area contributed by atoms with E-state index in [0.29, 0.717) is 6.61 Å². The molecule has 6 heteroatoms. The van der Waals surface area contributed by atoms with E-state index in [9.17, 15) is 0 Å². The molecule has 0 saturated heterocycles. The molecule has 0 aliphatic heterocycles. The van der Waals surface area contributed by atoms with Gasteiger partial charge in [-0.2, -0.15) is 0 Å². The second-order valence-corrected chi connectivity index (χ2v) is 6.62. The molecule has 0 radical (unpaired) electrons. The maximum absolute atomic E-state index is 8.36. The van der Waals surface area contributed by atoms with Gasteiger partial charge in [0.25, 0.3) is 6.47 Å². The number of fused-ring (bicyclic) bond motifs is 1. The maximum Gasteiger partial charge on any atom is 0.290 e. The van der Waals surface area contributed by atoms with E-state index < -0.39 is 0 Å². The van der Waals surface area contributed by atoms with Crippen molar-refractivity contribution in [1.29, 1.82) is 0 Å². The van der Waals surface area contributed by atoms with Crippen molar-refractivity contribution >= 4 is 12.0 Å². The molecule has 0 aliphatic carbocycles. The van der Waals surface area contributed by atoms with E-state index in [1.165, 1.54) is 16.7 Å². The van der Waals surface area contributed by atoms with Crippen molar-refractivity contribution in [3.63, 3.8) is 0 Å². The van der Waals surface area contributed by atoms with Crippen LogP contribution >= 0.6 is 0 Å². The van der Waals surface area contributed by atoms with E-state index in [-0.39, 0.29) is 6.47 Å². The fourth-order valence-electron chi connectivity index (χ4n) is 3.02. The standard InChI is InChI=1S/C23H22N2O2.CH2O2/c1-26-13-12-18-4-10-23(11-5-18)27-16-19-2-6-20(7-3-19)21-8-9-22-14-24-17-25(22)15-21;2-1-3/h2-11,14-15,17H,12-13,16H2,1H3;1H,(H,2,3). The van der Waals surface area contributed by atoms with Gasteiger partial charge in [0.2, 0.25) is 0 Å². The summed E-state index contributed by atoms with van der Waals surface area (Å²) in [4.78, 5) is 12.5. The number of imidazole rings is 1. The third kappa shape index (κ3) is 5.68. The minimum Gasteiger partial charge on any atom is -0.489 e. The van der Waals surface area contributed by atoms with E-state index in [0.717, 1.165) is 29.9 Å². The van der Waals surface area contributed by atoms with Crippen molar-refractivity contribution in [1.82, 2.24) is 9.38 Å². The summed E-state index contributed by atoms with van der Waals surface area (Å²) >= 11 is 0. The Bertz CT molecular complexity index is 1060. The lowest BCUT2D eigenvalue weighted by molar-refractivity contribution is -0.122. The van der Waals surface area contributed by atoms with Crippen molar-refractivity contribution < 1.29 is 19.4 Å². The fraction of sp³-hybridized carbons (Fsp3) is 0.167. The van der Waals surface area contributed by atoms with Gasteiger partial charge in [-0.25, -0.2) is 4.98 Å². The average molecular weight is 404 g/mol. The molecule has 0 amide bonds. The van der Waals surface area contributed by atoms with Gasteiger partial charge in [-0.1, -0.05) is 42.5 Å². The molecular weight excluding hydrogens is 380 g/mol. The Hall–Kier alpha value is -3.64. The summed E-state index contributed by atoms with van der Waals surface area (Å²) in [6.07, 6.45) is 6.69. The predicted molar refractivity (Wildman–Crippen MR) is 116 cm³/mol. The minimum absolute atomic E-state index is 0.250. The SMILES string of the molecule is COCCc1ccc(OCc2ccc(-c3ccc4cncn4c3)cc2)cc1.O=CO. The summed E-state index contributed by atoms with van der Waals surface area (Å²) in [5, 5.41) is 6.89. The average Bonchev–Trinajstić information content (AvgIpc) is 3.26. The van der Waals surface area contributed by atoms with Crippen LogP contribution in [0.3, 0.4) is 0 Å². The van der Waals surface area contributed by atoms with Crippen molar-refractivity contribution in [3.05, 3.63) is 90.5 Å². The first kappa shape index (κ1) is 21.1. The van der Waals surface area contributed by atoms with Crippen LogP contribution in [0.25, 0.3) is 16.6 Å². The van der Waals surface area contributed by atoms with Crippen LogP contribution in [0, 0.1) is 0 Å². The van der Waals surface area contributed by atoms with E-state index in [1.807, 2.05) is 29.1 Å². The van der Waals surface area contributed by atoms with E-state index in [2.05, 4.69) is 59.7 Å². The molecule has 4 aromatic rings. The van der Waals surface area contributed by atoms with Gasteiger partial charge in [0.1, 0.15) is 12.4 Å². The number of hydrogen-bond acceptors (Lipinski definition) is 4. The third-order valence-corrected chi connectivity index (χ3v) is 4.62. The fourth-order valence-corrected chi connectivity index (χ4v) is 3.02. The Kier molecular flexibility index (Phi) is 7.58. The van der Waals surface area contributed by atoms with Crippen molar-refractivity contribution in [2.24, 2.45) is 0 Å². The molecule has 30 heavy (non-hydrogen) atoms. The third-order valence-electron chi connectivity index (χ3n) is 4.62. The largest absolute Gasteiger partial charge is 0.489 e. The molecule has 2 heterocycles. The highest BCUT2D eigenvalue weighted by atomic mass is 16.5. The summed E-state index contributed by atoms with van der Waals surface area (Å²) in [5.41, 5.74) is 5.84. The lowest BCUT2D eigenvalue weighted by Crippen LogP contribution is -1.97. The molecule has 0 spiro atoms. The first-order valence-electron chi connectivity index (χ1n) is 9.53. The van der Waals surface area contributed by atoms with E-state index in [1.54, 1.807) is 7.11 Å². The van der Waals surface area contributed by atoms with Crippen molar-refractivity contribution in [2.45, 2.75) is 13.0 Å². The maximum atomic E-state index is 8.36. The van der Waals surface area contributed by atoms with Crippen molar-refractivity contribution in [3.8, 4) is 16.9 Å². The molecule has 0 bridgehead atoms. The van der Waals surface area contributed by atoms with E-state index >= 15 is 0 Å². The Morgan fingerprint density at radius 2 is 1.63 bits per heavy atom. The van der Waals surface area contributed by atoms with Gasteiger partial charge in [-0.3, -0.25) is 4.79 Å². The Labute approximate surface area is 175 Å². The number of pyridine rings is 1. The Morgan fingerprint density at radius 1 is 0.967 bits per heavy atom. The summed E-state index contributed by atoms with van der Waals surface area (Å²) in [7, 11) is 1.72. The van der Waals surface area contributed by atoms with Gasteiger partial charge in [0, 0.05) is 13.3 Å². The molecule has 0 saturated carbocycles. The molecular formula is C24H24N2O4. The van der Waals surface area contributed by atoms with Crippen molar-refractivity contribution in [2.75, 3.05) is 13.7 Å². The van der Waals surface area contributed by atoms with Gasteiger partial charge in [0.15, 0.2) is 0 Å². The highest BCUT2D eigenvalue weighted by molar-refractivity contribution is 5.65. The lowest BCUT2D eigenvalue weighted by Gasteiger charge is -2.09. The van der Waals surface area contributed by atoms with Gasteiger partial charge in [-0.15, -0.1) is 0 Å². The van der Waals surface area contributed by atoms with Crippen LogP contribution in [0.5, 0.6) is 5.75 Å². The van der Waals surface area contributed by atoms with Gasteiger partial charge >= 0.3 is 0 Å². The number of benzene rings is 2. The molecule has 0 fully saturated rings. The van der Waals surface area contributed by atoms with Gasteiger partial charge < -0.3 is 19.0 Å². The van der Waals surface area contributed by atoms with E-state index in [4.69, 9.17) is 19.4 Å². The number of carbonyl (C=O) groups is 1. The summed E-state index contributed by atoms with van der Waals surface area (Å²) in [6, 6.07) is 20.9. The second kappa shape index (κ2) is 10.8. The zero-order valence-electron chi connectivity index (χ0n) is 16.8. The number of aromatic nitrogens is 2. The second-order valence-electron chi connectivity index (χ2n) is 6.62. The van der Waals surface area contributed by atoms with Crippen LogP contribution in [-0.2, 0) is 22.6 Å². The number of carboxylic acid groups (broad SMARTS) is 1. The molecule has 4 rings (SSSR count). The Balaban J connectivity index is 0.000000806. The number of hydrogen-bond donors (Lipinski definition) is 1.